The lowest BCUT2D eigenvalue weighted by atomic mass is 9.95. The average molecular weight is 555 g/mol. The Balaban J connectivity index is 1.35. The molecule has 37 heavy (non-hydrogen) atoms. The highest BCUT2D eigenvalue weighted by Crippen LogP contribution is 2.39. The molecule has 0 spiro atoms. The molecule has 0 saturated heterocycles. The lowest BCUT2D eigenvalue weighted by molar-refractivity contribution is -0.113. The minimum absolute atomic E-state index is 0.121. The van der Waals surface area contributed by atoms with Crippen molar-refractivity contribution in [1.82, 2.24) is 14.8 Å². The van der Waals surface area contributed by atoms with E-state index in [0.29, 0.717) is 15.7 Å². The number of thiophene rings is 2. The molecule has 0 unspecified atom stereocenters. The number of aromatic nitrogens is 3. The Bertz CT molecular complexity index is 1450. The van der Waals surface area contributed by atoms with Gasteiger partial charge in [-0.1, -0.05) is 30.0 Å². The van der Waals surface area contributed by atoms with E-state index in [1.807, 2.05) is 26.0 Å². The number of ether oxygens (including phenoxy) is 1. The average Bonchev–Trinajstić information content (AvgIpc) is 3.56. The van der Waals surface area contributed by atoms with Crippen LogP contribution in [0, 0.1) is 0 Å². The van der Waals surface area contributed by atoms with Gasteiger partial charge in [0.05, 0.1) is 17.4 Å². The summed E-state index contributed by atoms with van der Waals surface area (Å²) in [5, 5.41) is 16.5. The summed E-state index contributed by atoms with van der Waals surface area (Å²) in [6.07, 6.45) is 3.70. The number of amides is 1. The van der Waals surface area contributed by atoms with Crippen molar-refractivity contribution < 1.29 is 14.3 Å². The molecule has 0 atom stereocenters. The second-order valence-corrected chi connectivity index (χ2v) is 12.6. The van der Waals surface area contributed by atoms with Crippen molar-refractivity contribution in [3.8, 4) is 11.4 Å². The Labute approximate surface area is 228 Å². The lowest BCUT2D eigenvalue weighted by Gasteiger charge is -2.14. The molecule has 7 nitrogen and oxygen atoms in total. The standard InChI is InChI=1S/C27H30N4O3S3/c1-15(2)31-24(19-13-35-20-11-7-5-9-17(19)20)29-30-27(31)36-14-22(32)28-25-23(26(33)34-16(3)4)18-10-6-8-12-21(18)37-25/h5,7,9,11,13,15-16H,6,8,10,12,14H2,1-4H3,(H,28,32). The molecule has 0 saturated carbocycles. The van der Waals surface area contributed by atoms with Crippen LogP contribution >= 0.6 is 34.4 Å². The van der Waals surface area contributed by atoms with Gasteiger partial charge in [-0.15, -0.1) is 32.9 Å². The van der Waals surface area contributed by atoms with Crippen LogP contribution in [0.25, 0.3) is 21.5 Å². The highest BCUT2D eigenvalue weighted by atomic mass is 32.2. The number of fused-ring (bicyclic) bond motifs is 2. The molecular formula is C27H30N4O3S3. The molecule has 1 aromatic carbocycles. The van der Waals surface area contributed by atoms with Gasteiger partial charge in [0.15, 0.2) is 11.0 Å². The number of nitrogens with one attached hydrogen (secondary N) is 1. The van der Waals surface area contributed by atoms with Crippen LogP contribution in [0.4, 0.5) is 5.00 Å². The first-order valence-electron chi connectivity index (χ1n) is 12.5. The molecule has 3 aromatic heterocycles. The summed E-state index contributed by atoms with van der Waals surface area (Å²) in [4.78, 5) is 27.1. The van der Waals surface area contributed by atoms with E-state index in [1.165, 1.54) is 32.7 Å². The molecule has 3 heterocycles. The third kappa shape index (κ3) is 5.32. The number of anilines is 1. The van der Waals surface area contributed by atoms with Crippen molar-refractivity contribution in [3.63, 3.8) is 0 Å². The zero-order valence-corrected chi connectivity index (χ0v) is 23.8. The number of carbonyl (C=O) groups is 2. The van der Waals surface area contributed by atoms with Crippen LogP contribution < -0.4 is 5.32 Å². The van der Waals surface area contributed by atoms with Gasteiger partial charge < -0.3 is 10.1 Å². The lowest BCUT2D eigenvalue weighted by Crippen LogP contribution is -2.19. The van der Waals surface area contributed by atoms with Crippen molar-refractivity contribution in [3.05, 3.63) is 45.6 Å². The van der Waals surface area contributed by atoms with Gasteiger partial charge in [-0.3, -0.25) is 9.36 Å². The van der Waals surface area contributed by atoms with Crippen molar-refractivity contribution >= 4 is 61.4 Å². The number of esters is 1. The van der Waals surface area contributed by atoms with Crippen molar-refractivity contribution in [2.75, 3.05) is 11.1 Å². The van der Waals surface area contributed by atoms with E-state index in [1.54, 1.807) is 11.3 Å². The van der Waals surface area contributed by atoms with Crippen molar-refractivity contribution in [2.45, 2.75) is 70.7 Å². The van der Waals surface area contributed by atoms with Gasteiger partial charge in [0.1, 0.15) is 5.00 Å². The first-order chi connectivity index (χ1) is 17.8. The number of carbonyl (C=O) groups excluding carboxylic acids is 2. The predicted molar refractivity (Wildman–Crippen MR) is 152 cm³/mol. The molecule has 1 aliphatic carbocycles. The number of hydrogen-bond donors (Lipinski definition) is 1. The summed E-state index contributed by atoms with van der Waals surface area (Å²) >= 11 is 4.55. The number of aryl methyl sites for hydroxylation is 1. The highest BCUT2D eigenvalue weighted by Gasteiger charge is 2.28. The molecule has 1 N–H and O–H groups in total. The van der Waals surface area contributed by atoms with E-state index in [2.05, 4.69) is 51.4 Å². The maximum absolute atomic E-state index is 13.1. The Morgan fingerprint density at radius 2 is 1.92 bits per heavy atom. The summed E-state index contributed by atoms with van der Waals surface area (Å²) in [5.41, 5.74) is 2.62. The fourth-order valence-corrected chi connectivity index (χ4v) is 7.71. The first-order valence-corrected chi connectivity index (χ1v) is 15.2. The van der Waals surface area contributed by atoms with Crippen LogP contribution in [-0.4, -0.2) is 38.5 Å². The molecule has 5 rings (SSSR count). The summed E-state index contributed by atoms with van der Waals surface area (Å²) < 4.78 is 8.80. The Hall–Kier alpha value is -2.69. The molecule has 0 aliphatic heterocycles. The van der Waals surface area contributed by atoms with Gasteiger partial charge in [-0.25, -0.2) is 4.79 Å². The maximum atomic E-state index is 13.1. The molecule has 0 radical (unpaired) electrons. The SMILES string of the molecule is CC(C)OC(=O)c1c(NC(=O)CSc2nnc(-c3csc4ccccc34)n2C(C)C)sc2c1CCCC2. The fraction of sp³-hybridized carbons (Fsp3) is 0.407. The van der Waals surface area contributed by atoms with Gasteiger partial charge in [-0.05, 0) is 65.0 Å². The van der Waals surface area contributed by atoms with E-state index in [9.17, 15) is 9.59 Å². The number of thioether (sulfide) groups is 1. The number of rotatable bonds is 8. The zero-order valence-electron chi connectivity index (χ0n) is 21.4. The third-order valence-electron chi connectivity index (χ3n) is 6.21. The minimum Gasteiger partial charge on any atom is -0.459 e. The van der Waals surface area contributed by atoms with Gasteiger partial charge in [0, 0.05) is 31.9 Å². The number of benzene rings is 1. The fourth-order valence-electron chi connectivity index (χ4n) is 4.61. The summed E-state index contributed by atoms with van der Waals surface area (Å²) in [5.74, 6) is 0.434. The Morgan fingerprint density at radius 3 is 2.70 bits per heavy atom. The van der Waals surface area contributed by atoms with Crippen LogP contribution in [-0.2, 0) is 22.4 Å². The first kappa shape index (κ1) is 25.9. The van der Waals surface area contributed by atoms with Crippen molar-refractivity contribution in [2.24, 2.45) is 0 Å². The van der Waals surface area contributed by atoms with Gasteiger partial charge in [0.2, 0.25) is 5.91 Å². The van der Waals surface area contributed by atoms with Gasteiger partial charge in [0.25, 0.3) is 0 Å². The summed E-state index contributed by atoms with van der Waals surface area (Å²) in [7, 11) is 0. The quantitative estimate of drug-likeness (QED) is 0.187. The smallest absolute Gasteiger partial charge is 0.341 e. The van der Waals surface area contributed by atoms with Crippen LogP contribution in [0.5, 0.6) is 0 Å². The third-order valence-corrected chi connectivity index (χ3v) is 9.32. The highest BCUT2D eigenvalue weighted by molar-refractivity contribution is 7.99. The van der Waals surface area contributed by atoms with E-state index < -0.39 is 0 Å². The normalized spacial score (nSPS) is 13.4. The van der Waals surface area contributed by atoms with E-state index >= 15 is 0 Å². The summed E-state index contributed by atoms with van der Waals surface area (Å²) in [6.45, 7) is 7.86. The predicted octanol–water partition coefficient (Wildman–Crippen LogP) is 6.98. The summed E-state index contributed by atoms with van der Waals surface area (Å²) in [6, 6.07) is 8.39. The maximum Gasteiger partial charge on any atom is 0.341 e. The minimum atomic E-state index is -0.357. The molecule has 194 valence electrons. The Morgan fingerprint density at radius 1 is 1.14 bits per heavy atom. The molecule has 10 heteroatoms. The molecule has 1 amide bonds. The molecular weight excluding hydrogens is 525 g/mol. The van der Waals surface area contributed by atoms with Crippen LogP contribution in [0.3, 0.4) is 0 Å². The number of hydrogen-bond acceptors (Lipinski definition) is 8. The second kappa shape index (κ2) is 11.0. The van der Waals surface area contributed by atoms with Crippen LogP contribution in [0.2, 0.25) is 0 Å². The zero-order chi connectivity index (χ0) is 26.1. The van der Waals surface area contributed by atoms with E-state index in [-0.39, 0.29) is 29.8 Å². The van der Waals surface area contributed by atoms with Crippen molar-refractivity contribution in [1.29, 1.82) is 0 Å². The van der Waals surface area contributed by atoms with Gasteiger partial charge >= 0.3 is 5.97 Å². The topological polar surface area (TPSA) is 86.1 Å². The van der Waals surface area contributed by atoms with E-state index in [4.69, 9.17) is 4.74 Å². The second-order valence-electron chi connectivity index (χ2n) is 9.62. The van der Waals surface area contributed by atoms with Crippen LogP contribution in [0.1, 0.15) is 67.4 Å². The molecule has 4 aromatic rings. The monoisotopic (exact) mass is 554 g/mol. The molecule has 0 fully saturated rings. The van der Waals surface area contributed by atoms with Gasteiger partial charge in [-0.2, -0.15) is 0 Å². The van der Waals surface area contributed by atoms with E-state index in [0.717, 1.165) is 48.0 Å². The molecule has 0 bridgehead atoms. The Kier molecular flexibility index (Phi) is 7.69. The number of nitrogens with zero attached hydrogens (tertiary/aromatic N) is 3. The largest absolute Gasteiger partial charge is 0.459 e. The molecule has 1 aliphatic rings. The van der Waals surface area contributed by atoms with Crippen LogP contribution in [0.15, 0.2) is 34.8 Å².